The van der Waals surface area contributed by atoms with Gasteiger partial charge in [0, 0.05) is 0 Å². The number of hydrogen-bond acceptors (Lipinski definition) is 4. The van der Waals surface area contributed by atoms with Gasteiger partial charge in [0.15, 0.2) is 0 Å². The topological polar surface area (TPSA) is 80.9 Å². The fourth-order valence-electron chi connectivity index (χ4n) is 2.68. The summed E-state index contributed by atoms with van der Waals surface area (Å²) in [5.74, 6) is 0. The maximum Gasteiger partial charge on any atom is 0.0770 e. The molecule has 4 N–H and O–H groups in total. The Bertz CT molecular complexity index is 224. The predicted molar refractivity (Wildman–Crippen MR) is 107 cm³/mol. The molecule has 0 heterocycles. The Morgan fingerprint density at radius 1 is 0.480 bits per heavy atom. The van der Waals surface area contributed by atoms with Crippen LogP contribution in [0.4, 0.5) is 0 Å². The molecule has 2 atom stereocenters. The zero-order chi connectivity index (χ0) is 19.2. The van der Waals surface area contributed by atoms with Gasteiger partial charge in [0.1, 0.15) is 0 Å². The highest BCUT2D eigenvalue weighted by molar-refractivity contribution is 4.54. The molecule has 2 unspecified atom stereocenters. The summed E-state index contributed by atoms with van der Waals surface area (Å²) in [4.78, 5) is 0. The molecule has 0 aromatic carbocycles. The molecule has 0 aromatic rings. The van der Waals surface area contributed by atoms with E-state index < -0.39 is 12.2 Å². The van der Waals surface area contributed by atoms with E-state index in [1.165, 1.54) is 70.6 Å². The summed E-state index contributed by atoms with van der Waals surface area (Å²) in [6.07, 6.45) is 16.8. The monoisotopic (exact) mass is 362 g/mol. The Morgan fingerprint density at radius 2 is 0.760 bits per heavy atom. The molecule has 0 aliphatic heterocycles. The number of aliphatic hydroxyl groups is 4. The normalized spacial score (nSPS) is 13.2. The van der Waals surface area contributed by atoms with Crippen LogP contribution in [0, 0.1) is 0 Å². The molecule has 4 heteroatoms. The highest BCUT2D eigenvalue weighted by atomic mass is 16.3. The van der Waals surface area contributed by atoms with E-state index in [-0.39, 0.29) is 13.2 Å². The van der Waals surface area contributed by atoms with E-state index in [4.69, 9.17) is 20.4 Å². The summed E-state index contributed by atoms with van der Waals surface area (Å²) in [5.41, 5.74) is 0. The average Bonchev–Trinajstić information content (AvgIpc) is 2.63. The fraction of sp³-hybridized carbons (Fsp3) is 1.00. The van der Waals surface area contributed by atoms with Crippen LogP contribution in [0.25, 0.3) is 0 Å². The summed E-state index contributed by atoms with van der Waals surface area (Å²) in [6.45, 7) is 4.25. The van der Waals surface area contributed by atoms with Crippen LogP contribution >= 0.6 is 0 Å². The Balaban J connectivity index is 0. The van der Waals surface area contributed by atoms with Crippen molar-refractivity contribution in [3.63, 3.8) is 0 Å². The molecule has 0 amide bonds. The van der Waals surface area contributed by atoms with Crippen LogP contribution in [0.2, 0.25) is 0 Å². The number of rotatable bonds is 17. The smallest absolute Gasteiger partial charge is 0.0770 e. The third kappa shape index (κ3) is 26.2. The van der Waals surface area contributed by atoms with Crippen molar-refractivity contribution in [2.45, 2.75) is 122 Å². The van der Waals surface area contributed by atoms with E-state index in [2.05, 4.69) is 13.8 Å². The van der Waals surface area contributed by atoms with Crippen LogP contribution in [0.1, 0.15) is 110 Å². The Kier molecular flexibility index (Phi) is 25.8. The molecular formula is C21H46O4. The molecule has 0 spiro atoms. The van der Waals surface area contributed by atoms with Gasteiger partial charge >= 0.3 is 0 Å². The molecule has 0 saturated heterocycles. The lowest BCUT2D eigenvalue weighted by molar-refractivity contribution is 0.0859. The molecular weight excluding hydrogens is 316 g/mol. The minimum Gasteiger partial charge on any atom is -0.394 e. The largest absolute Gasteiger partial charge is 0.394 e. The van der Waals surface area contributed by atoms with Crippen molar-refractivity contribution in [2.24, 2.45) is 0 Å². The lowest BCUT2D eigenvalue weighted by Crippen LogP contribution is -2.10. The summed E-state index contributed by atoms with van der Waals surface area (Å²) < 4.78 is 0. The van der Waals surface area contributed by atoms with E-state index in [1.807, 2.05) is 0 Å². The van der Waals surface area contributed by atoms with Crippen molar-refractivity contribution in [2.75, 3.05) is 13.2 Å². The third-order valence-electron chi connectivity index (χ3n) is 4.45. The van der Waals surface area contributed by atoms with Gasteiger partial charge in [-0.15, -0.1) is 0 Å². The highest BCUT2D eigenvalue weighted by Gasteiger charge is 2.00. The van der Waals surface area contributed by atoms with E-state index in [1.54, 1.807) is 0 Å². The van der Waals surface area contributed by atoms with E-state index in [0.29, 0.717) is 0 Å². The van der Waals surface area contributed by atoms with Crippen molar-refractivity contribution in [3.05, 3.63) is 0 Å². The molecule has 0 aliphatic carbocycles. The summed E-state index contributed by atoms with van der Waals surface area (Å²) in [7, 11) is 0. The number of unbranched alkanes of at least 4 members (excludes halogenated alkanes) is 11. The second-order valence-corrected chi connectivity index (χ2v) is 7.14. The SMILES string of the molecule is CCCCCCCCC(O)CO.CCCCCCCCCC(O)CO. The molecule has 25 heavy (non-hydrogen) atoms. The first-order valence-corrected chi connectivity index (χ1v) is 10.7. The molecule has 0 fully saturated rings. The minimum atomic E-state index is -0.490. The molecule has 0 saturated carbocycles. The maximum atomic E-state index is 9.05. The number of aliphatic hydroxyl groups excluding tert-OH is 4. The van der Waals surface area contributed by atoms with Crippen molar-refractivity contribution < 1.29 is 20.4 Å². The molecule has 0 bridgehead atoms. The first-order chi connectivity index (χ1) is 12.1. The fourth-order valence-corrected chi connectivity index (χ4v) is 2.68. The lowest BCUT2D eigenvalue weighted by Gasteiger charge is -2.05. The van der Waals surface area contributed by atoms with Gasteiger partial charge in [-0.2, -0.15) is 0 Å². The second kappa shape index (κ2) is 23.8. The molecule has 4 nitrogen and oxygen atoms in total. The quantitative estimate of drug-likeness (QED) is 0.286. The van der Waals surface area contributed by atoms with Crippen LogP contribution in [0.15, 0.2) is 0 Å². The van der Waals surface area contributed by atoms with Gasteiger partial charge in [0.05, 0.1) is 25.4 Å². The van der Waals surface area contributed by atoms with E-state index in [0.717, 1.165) is 25.7 Å². The van der Waals surface area contributed by atoms with Gasteiger partial charge in [-0.3, -0.25) is 0 Å². The zero-order valence-electron chi connectivity index (χ0n) is 17.0. The van der Waals surface area contributed by atoms with E-state index >= 15 is 0 Å². The number of hydrogen-bond donors (Lipinski definition) is 4. The van der Waals surface area contributed by atoms with Gasteiger partial charge in [0.2, 0.25) is 0 Å². The predicted octanol–water partition coefficient (Wildman–Crippen LogP) is 4.57. The maximum absolute atomic E-state index is 9.05. The summed E-state index contributed by atoms with van der Waals surface area (Å²) in [5, 5.41) is 35.1. The standard InChI is InChI=1S/C11H24O2.C10H22O2/c1-2-3-4-5-6-7-8-9-11(13)10-12;1-2-3-4-5-6-7-8-10(12)9-11/h11-13H,2-10H2,1H3;10-12H,2-9H2,1H3. The van der Waals surface area contributed by atoms with Crippen LogP contribution in [0.3, 0.4) is 0 Å². The molecule has 0 radical (unpaired) electrons. The highest BCUT2D eigenvalue weighted by Crippen LogP contribution is 2.09. The summed E-state index contributed by atoms with van der Waals surface area (Å²) in [6, 6.07) is 0. The van der Waals surface area contributed by atoms with Gasteiger partial charge in [0.25, 0.3) is 0 Å². The van der Waals surface area contributed by atoms with E-state index in [9.17, 15) is 0 Å². The van der Waals surface area contributed by atoms with Gasteiger partial charge < -0.3 is 20.4 Å². The van der Waals surface area contributed by atoms with Crippen molar-refractivity contribution in [1.29, 1.82) is 0 Å². The second-order valence-electron chi connectivity index (χ2n) is 7.14. The Hall–Kier alpha value is -0.160. The first-order valence-electron chi connectivity index (χ1n) is 10.7. The van der Waals surface area contributed by atoms with Crippen molar-refractivity contribution in [3.8, 4) is 0 Å². The van der Waals surface area contributed by atoms with Crippen LogP contribution in [0.5, 0.6) is 0 Å². The zero-order valence-corrected chi connectivity index (χ0v) is 17.0. The van der Waals surface area contributed by atoms with Crippen molar-refractivity contribution >= 4 is 0 Å². The van der Waals surface area contributed by atoms with Gasteiger partial charge in [-0.05, 0) is 12.8 Å². The summed E-state index contributed by atoms with van der Waals surface area (Å²) >= 11 is 0. The van der Waals surface area contributed by atoms with Gasteiger partial charge in [-0.25, -0.2) is 0 Å². The van der Waals surface area contributed by atoms with Gasteiger partial charge in [-0.1, -0.05) is 97.3 Å². The Morgan fingerprint density at radius 3 is 1.04 bits per heavy atom. The first kappa shape index (κ1) is 27.1. The molecule has 154 valence electrons. The molecule has 0 rings (SSSR count). The third-order valence-corrected chi connectivity index (χ3v) is 4.45. The minimum absolute atomic E-state index is 0.0875. The Labute approximate surface area is 156 Å². The van der Waals surface area contributed by atoms with Crippen molar-refractivity contribution in [1.82, 2.24) is 0 Å². The molecule has 0 aliphatic rings. The van der Waals surface area contributed by atoms with Crippen LogP contribution in [-0.2, 0) is 0 Å². The average molecular weight is 363 g/mol. The van der Waals surface area contributed by atoms with Crippen LogP contribution < -0.4 is 0 Å². The molecule has 0 aromatic heterocycles. The van der Waals surface area contributed by atoms with Crippen LogP contribution in [-0.4, -0.2) is 45.8 Å². The lowest BCUT2D eigenvalue weighted by atomic mass is 10.1.